The number of hydrogen-bond acceptors (Lipinski definition) is 6. The van der Waals surface area contributed by atoms with E-state index < -0.39 is 11.8 Å². The lowest BCUT2D eigenvalue weighted by molar-refractivity contribution is -0.120. The van der Waals surface area contributed by atoms with E-state index in [-0.39, 0.29) is 11.3 Å². The molecule has 168 valence electrons. The highest BCUT2D eigenvalue weighted by Crippen LogP contribution is 2.37. The predicted octanol–water partition coefficient (Wildman–Crippen LogP) is 4.42. The van der Waals surface area contributed by atoms with Crippen LogP contribution >= 0.6 is 0 Å². The molecule has 7 heteroatoms. The summed E-state index contributed by atoms with van der Waals surface area (Å²) >= 11 is 0. The molecule has 0 saturated heterocycles. The van der Waals surface area contributed by atoms with Gasteiger partial charge in [0.25, 0.3) is 11.8 Å². The molecule has 7 nitrogen and oxygen atoms in total. The van der Waals surface area contributed by atoms with Crippen molar-refractivity contribution in [3.63, 3.8) is 0 Å². The molecule has 0 fully saturated rings. The van der Waals surface area contributed by atoms with E-state index in [0.717, 1.165) is 10.5 Å². The lowest BCUT2D eigenvalue weighted by atomic mass is 10.0. The molecular formula is C26H24N2O5. The van der Waals surface area contributed by atoms with E-state index in [9.17, 15) is 9.59 Å². The van der Waals surface area contributed by atoms with Gasteiger partial charge in [0.05, 0.1) is 32.6 Å². The zero-order valence-electron chi connectivity index (χ0n) is 18.8. The van der Waals surface area contributed by atoms with Crippen LogP contribution in [0.2, 0.25) is 0 Å². The van der Waals surface area contributed by atoms with E-state index in [1.165, 1.54) is 14.2 Å². The SMILES string of the molecule is COc1ccc(NC2=C(c3ccc(C)cc3)C(=O)N(c3cc(OC)cc(OC)c3)C2=O)cc1. The molecule has 1 N–H and O–H groups in total. The van der Waals surface area contributed by atoms with Gasteiger partial charge in [0.2, 0.25) is 0 Å². The standard InChI is InChI=1S/C26H24N2O5/c1-16-5-7-17(8-6-16)23-24(27-18-9-11-20(31-2)12-10-18)26(30)28(25(23)29)19-13-21(32-3)15-22(14-19)33-4/h5-15,27H,1-4H3. The Hall–Kier alpha value is -4.26. The third kappa shape index (κ3) is 4.25. The van der Waals surface area contributed by atoms with E-state index in [1.54, 1.807) is 49.6 Å². The number of benzene rings is 3. The second-order valence-electron chi connectivity index (χ2n) is 7.49. The monoisotopic (exact) mass is 444 g/mol. The summed E-state index contributed by atoms with van der Waals surface area (Å²) < 4.78 is 15.9. The number of methoxy groups -OCH3 is 3. The minimum Gasteiger partial charge on any atom is -0.497 e. The normalized spacial score (nSPS) is 13.4. The summed E-state index contributed by atoms with van der Waals surface area (Å²) in [4.78, 5) is 28.3. The number of imide groups is 1. The fourth-order valence-corrected chi connectivity index (χ4v) is 3.61. The first-order chi connectivity index (χ1) is 15.9. The molecule has 1 aliphatic heterocycles. The summed E-state index contributed by atoms with van der Waals surface area (Å²) in [6.07, 6.45) is 0. The first-order valence-corrected chi connectivity index (χ1v) is 10.3. The fourth-order valence-electron chi connectivity index (χ4n) is 3.61. The lowest BCUT2D eigenvalue weighted by Crippen LogP contribution is -2.32. The summed E-state index contributed by atoms with van der Waals surface area (Å²) in [5.41, 5.74) is 3.19. The Morgan fingerprint density at radius 2 is 1.27 bits per heavy atom. The van der Waals surface area contributed by atoms with E-state index in [0.29, 0.717) is 34.2 Å². The van der Waals surface area contributed by atoms with Crippen molar-refractivity contribution in [2.24, 2.45) is 0 Å². The van der Waals surface area contributed by atoms with Gasteiger partial charge in [-0.05, 0) is 36.8 Å². The van der Waals surface area contributed by atoms with Gasteiger partial charge < -0.3 is 19.5 Å². The summed E-state index contributed by atoms with van der Waals surface area (Å²) in [7, 11) is 4.61. The Kier molecular flexibility index (Phi) is 6.04. The van der Waals surface area contributed by atoms with Gasteiger partial charge >= 0.3 is 0 Å². The topological polar surface area (TPSA) is 77.1 Å². The average Bonchev–Trinajstić information content (AvgIpc) is 3.08. The number of nitrogens with one attached hydrogen (secondary N) is 1. The second-order valence-corrected chi connectivity index (χ2v) is 7.49. The maximum atomic E-state index is 13.6. The number of rotatable bonds is 7. The quantitative estimate of drug-likeness (QED) is 0.544. The van der Waals surface area contributed by atoms with Gasteiger partial charge in [0.15, 0.2) is 0 Å². The number of hydrogen-bond donors (Lipinski definition) is 1. The van der Waals surface area contributed by atoms with Crippen LogP contribution in [0.1, 0.15) is 11.1 Å². The van der Waals surface area contributed by atoms with Crippen LogP contribution in [0.3, 0.4) is 0 Å². The molecule has 3 aromatic carbocycles. The Labute approximate surface area is 192 Å². The first kappa shape index (κ1) is 22.0. The number of ether oxygens (including phenoxy) is 3. The molecule has 0 unspecified atom stereocenters. The molecule has 0 aromatic heterocycles. The van der Waals surface area contributed by atoms with E-state index in [1.807, 2.05) is 31.2 Å². The summed E-state index contributed by atoms with van der Waals surface area (Å²) in [5, 5.41) is 3.14. The Balaban J connectivity index is 1.81. The molecule has 4 rings (SSSR count). The van der Waals surface area contributed by atoms with Crippen LogP contribution in [0.25, 0.3) is 5.57 Å². The molecule has 33 heavy (non-hydrogen) atoms. The van der Waals surface area contributed by atoms with Gasteiger partial charge in [-0.1, -0.05) is 29.8 Å². The maximum Gasteiger partial charge on any atom is 0.282 e. The molecule has 0 radical (unpaired) electrons. The summed E-state index contributed by atoms with van der Waals surface area (Å²) in [5.74, 6) is 0.723. The molecule has 2 amide bonds. The van der Waals surface area contributed by atoms with Gasteiger partial charge in [0.1, 0.15) is 22.9 Å². The van der Waals surface area contributed by atoms with Crippen molar-refractivity contribution in [2.45, 2.75) is 6.92 Å². The Morgan fingerprint density at radius 1 is 0.697 bits per heavy atom. The number of anilines is 2. The van der Waals surface area contributed by atoms with Crippen molar-refractivity contribution in [1.82, 2.24) is 0 Å². The highest BCUT2D eigenvalue weighted by molar-refractivity contribution is 6.46. The molecule has 0 saturated carbocycles. The average molecular weight is 444 g/mol. The molecule has 0 atom stereocenters. The number of amides is 2. The van der Waals surface area contributed by atoms with Gasteiger partial charge in [-0.15, -0.1) is 0 Å². The van der Waals surface area contributed by atoms with Crippen LogP contribution in [-0.4, -0.2) is 33.1 Å². The zero-order valence-corrected chi connectivity index (χ0v) is 18.8. The van der Waals surface area contributed by atoms with Crippen molar-refractivity contribution in [2.75, 3.05) is 31.5 Å². The molecule has 1 aliphatic rings. The third-order valence-corrected chi connectivity index (χ3v) is 5.38. The second kappa shape index (κ2) is 9.08. The summed E-state index contributed by atoms with van der Waals surface area (Å²) in [6.45, 7) is 1.96. The van der Waals surface area contributed by atoms with Gasteiger partial charge in [-0.25, -0.2) is 4.90 Å². The summed E-state index contributed by atoms with van der Waals surface area (Å²) in [6, 6.07) is 19.5. The Bertz CT molecular complexity index is 1210. The predicted molar refractivity (Wildman–Crippen MR) is 127 cm³/mol. The number of carbonyl (C=O) groups is 2. The van der Waals surface area contributed by atoms with Crippen LogP contribution < -0.4 is 24.4 Å². The van der Waals surface area contributed by atoms with Crippen LogP contribution in [0, 0.1) is 6.92 Å². The van der Waals surface area contributed by atoms with Gasteiger partial charge in [0, 0.05) is 23.9 Å². The van der Waals surface area contributed by atoms with Crippen LogP contribution in [-0.2, 0) is 9.59 Å². The highest BCUT2D eigenvalue weighted by atomic mass is 16.5. The van der Waals surface area contributed by atoms with E-state index >= 15 is 0 Å². The van der Waals surface area contributed by atoms with Gasteiger partial charge in [-0.3, -0.25) is 9.59 Å². The van der Waals surface area contributed by atoms with E-state index in [4.69, 9.17) is 14.2 Å². The molecular weight excluding hydrogens is 420 g/mol. The first-order valence-electron chi connectivity index (χ1n) is 10.3. The van der Waals surface area contributed by atoms with Crippen molar-refractivity contribution in [1.29, 1.82) is 0 Å². The lowest BCUT2D eigenvalue weighted by Gasteiger charge is -2.17. The number of nitrogens with zero attached hydrogens (tertiary/aromatic N) is 1. The van der Waals surface area contributed by atoms with Crippen LogP contribution in [0.5, 0.6) is 17.2 Å². The highest BCUT2D eigenvalue weighted by Gasteiger charge is 2.40. The van der Waals surface area contributed by atoms with Gasteiger partial charge in [-0.2, -0.15) is 0 Å². The van der Waals surface area contributed by atoms with Crippen molar-refractivity contribution < 1.29 is 23.8 Å². The van der Waals surface area contributed by atoms with Crippen molar-refractivity contribution in [3.8, 4) is 17.2 Å². The number of aryl methyl sites for hydroxylation is 1. The fraction of sp³-hybridized carbons (Fsp3) is 0.154. The third-order valence-electron chi connectivity index (χ3n) is 5.38. The minimum absolute atomic E-state index is 0.191. The Morgan fingerprint density at radius 3 is 1.82 bits per heavy atom. The molecule has 0 aliphatic carbocycles. The largest absolute Gasteiger partial charge is 0.497 e. The van der Waals surface area contributed by atoms with Crippen LogP contribution in [0.15, 0.2) is 72.4 Å². The molecule has 3 aromatic rings. The minimum atomic E-state index is -0.471. The molecule has 0 bridgehead atoms. The molecule has 1 heterocycles. The van der Waals surface area contributed by atoms with Crippen molar-refractivity contribution >= 4 is 28.8 Å². The van der Waals surface area contributed by atoms with E-state index in [2.05, 4.69) is 5.32 Å². The van der Waals surface area contributed by atoms with Crippen molar-refractivity contribution in [3.05, 3.63) is 83.6 Å². The number of carbonyl (C=O) groups excluding carboxylic acids is 2. The molecule has 0 spiro atoms. The maximum absolute atomic E-state index is 13.6. The zero-order chi connectivity index (χ0) is 23.5. The smallest absolute Gasteiger partial charge is 0.282 e. The van der Waals surface area contributed by atoms with Crippen LogP contribution in [0.4, 0.5) is 11.4 Å².